The minimum Gasteiger partial charge on any atom is -0.496 e. The number of nitrogens with one attached hydrogen (secondary N) is 2. The van der Waals surface area contributed by atoms with Gasteiger partial charge in [0.05, 0.1) is 19.7 Å². The van der Waals surface area contributed by atoms with E-state index in [1.165, 1.54) is 0 Å². The van der Waals surface area contributed by atoms with E-state index in [9.17, 15) is 4.79 Å². The van der Waals surface area contributed by atoms with Crippen molar-refractivity contribution in [2.75, 3.05) is 20.3 Å². The number of methoxy groups -OCH3 is 1. The number of amides is 2. The van der Waals surface area contributed by atoms with Crippen LogP contribution in [0.2, 0.25) is 5.02 Å². The van der Waals surface area contributed by atoms with Gasteiger partial charge in [-0.05, 0) is 44.2 Å². The molecule has 0 aromatic heterocycles. The summed E-state index contributed by atoms with van der Waals surface area (Å²) in [6.07, 6.45) is 0. The van der Waals surface area contributed by atoms with E-state index in [1.54, 1.807) is 31.4 Å². The summed E-state index contributed by atoms with van der Waals surface area (Å²) in [7, 11) is 1.62. The van der Waals surface area contributed by atoms with E-state index < -0.39 is 0 Å². The van der Waals surface area contributed by atoms with Crippen LogP contribution < -0.4 is 20.1 Å². The topological polar surface area (TPSA) is 59.6 Å². The second kappa shape index (κ2) is 9.18. The molecular weight excluding hydrogens is 340 g/mol. The molecule has 2 amide bonds. The fourth-order valence-corrected chi connectivity index (χ4v) is 2.51. The van der Waals surface area contributed by atoms with Crippen LogP contribution in [0.4, 0.5) is 4.79 Å². The molecule has 0 aliphatic rings. The number of urea groups is 1. The lowest BCUT2D eigenvalue weighted by atomic mass is 10.0. The molecular formula is C19H23ClN2O3. The van der Waals surface area contributed by atoms with Gasteiger partial charge >= 0.3 is 6.03 Å². The zero-order valence-corrected chi connectivity index (χ0v) is 15.4. The van der Waals surface area contributed by atoms with Crippen molar-refractivity contribution < 1.29 is 14.3 Å². The Bertz CT molecular complexity index is 704. The molecule has 1 atom stereocenters. The standard InChI is InChI=1S/C19H23ClN2O3/c1-13-4-9-18(24-3)17(12-13)14(2)22-19(23)21-10-11-25-16-7-5-15(20)6-8-16/h4-9,12,14H,10-11H2,1-3H3,(H2,21,22,23)/t14-/m0/s1. The Hall–Kier alpha value is -2.40. The van der Waals surface area contributed by atoms with Crippen LogP contribution in [0, 0.1) is 6.92 Å². The second-order valence-electron chi connectivity index (χ2n) is 5.67. The molecule has 0 unspecified atom stereocenters. The van der Waals surface area contributed by atoms with Crippen molar-refractivity contribution in [3.8, 4) is 11.5 Å². The third kappa shape index (κ3) is 5.87. The Morgan fingerprint density at radius 3 is 2.60 bits per heavy atom. The first-order chi connectivity index (χ1) is 12.0. The van der Waals surface area contributed by atoms with E-state index in [1.807, 2.05) is 32.0 Å². The van der Waals surface area contributed by atoms with E-state index in [0.29, 0.717) is 23.9 Å². The van der Waals surface area contributed by atoms with Gasteiger partial charge in [-0.15, -0.1) is 0 Å². The van der Waals surface area contributed by atoms with Crippen LogP contribution in [0.5, 0.6) is 11.5 Å². The number of halogens is 1. The number of carbonyl (C=O) groups is 1. The van der Waals surface area contributed by atoms with Crippen molar-refractivity contribution in [1.82, 2.24) is 10.6 Å². The molecule has 0 saturated heterocycles. The van der Waals surface area contributed by atoms with Crippen LogP contribution in [0.3, 0.4) is 0 Å². The lowest BCUT2D eigenvalue weighted by Gasteiger charge is -2.18. The summed E-state index contributed by atoms with van der Waals surface area (Å²) in [6, 6.07) is 12.5. The number of ether oxygens (including phenoxy) is 2. The molecule has 0 spiro atoms. The highest BCUT2D eigenvalue weighted by atomic mass is 35.5. The Kier molecular flexibility index (Phi) is 6.95. The third-order valence-electron chi connectivity index (χ3n) is 3.67. The maximum atomic E-state index is 12.0. The summed E-state index contributed by atoms with van der Waals surface area (Å²) in [4.78, 5) is 12.0. The summed E-state index contributed by atoms with van der Waals surface area (Å²) in [6.45, 7) is 4.69. The van der Waals surface area contributed by atoms with Gasteiger partial charge in [-0.3, -0.25) is 0 Å². The van der Waals surface area contributed by atoms with Crippen LogP contribution in [0.15, 0.2) is 42.5 Å². The highest BCUT2D eigenvalue weighted by molar-refractivity contribution is 6.30. The second-order valence-corrected chi connectivity index (χ2v) is 6.11. The number of carbonyl (C=O) groups excluding carboxylic acids is 1. The minimum atomic E-state index is -0.254. The summed E-state index contributed by atoms with van der Waals surface area (Å²) in [5, 5.41) is 6.33. The predicted octanol–water partition coefficient (Wildman–Crippen LogP) is 4.10. The van der Waals surface area contributed by atoms with Gasteiger partial charge in [0.1, 0.15) is 18.1 Å². The monoisotopic (exact) mass is 362 g/mol. The zero-order chi connectivity index (χ0) is 18.2. The van der Waals surface area contributed by atoms with Crippen molar-refractivity contribution in [2.45, 2.75) is 19.9 Å². The van der Waals surface area contributed by atoms with E-state index in [4.69, 9.17) is 21.1 Å². The third-order valence-corrected chi connectivity index (χ3v) is 3.92. The van der Waals surface area contributed by atoms with E-state index >= 15 is 0 Å². The Labute approximate surface area is 153 Å². The van der Waals surface area contributed by atoms with Gasteiger partial charge < -0.3 is 20.1 Å². The number of hydrogen-bond donors (Lipinski definition) is 2. The molecule has 2 rings (SSSR count). The molecule has 5 nitrogen and oxygen atoms in total. The average molecular weight is 363 g/mol. The van der Waals surface area contributed by atoms with Crippen LogP contribution >= 0.6 is 11.6 Å². The van der Waals surface area contributed by atoms with Crippen molar-refractivity contribution in [3.05, 3.63) is 58.6 Å². The SMILES string of the molecule is COc1ccc(C)cc1[C@H](C)NC(=O)NCCOc1ccc(Cl)cc1. The van der Waals surface area contributed by atoms with Crippen molar-refractivity contribution in [1.29, 1.82) is 0 Å². The van der Waals surface area contributed by atoms with Gasteiger partial charge in [0.15, 0.2) is 0 Å². The van der Waals surface area contributed by atoms with Crippen LogP contribution in [0.1, 0.15) is 24.1 Å². The maximum absolute atomic E-state index is 12.0. The smallest absolute Gasteiger partial charge is 0.315 e. The fraction of sp³-hybridized carbons (Fsp3) is 0.316. The normalized spacial score (nSPS) is 11.5. The van der Waals surface area contributed by atoms with E-state index in [-0.39, 0.29) is 12.1 Å². The number of benzene rings is 2. The largest absolute Gasteiger partial charge is 0.496 e. The summed E-state index contributed by atoms with van der Waals surface area (Å²) < 4.78 is 10.9. The first-order valence-electron chi connectivity index (χ1n) is 8.07. The average Bonchev–Trinajstić information content (AvgIpc) is 2.60. The van der Waals surface area contributed by atoms with Crippen LogP contribution in [-0.2, 0) is 0 Å². The number of rotatable bonds is 7. The predicted molar refractivity (Wildman–Crippen MR) is 99.6 cm³/mol. The number of aryl methyl sites for hydroxylation is 1. The molecule has 2 aromatic carbocycles. The van der Waals surface area contributed by atoms with Gasteiger partial charge in [0.25, 0.3) is 0 Å². The van der Waals surface area contributed by atoms with E-state index in [2.05, 4.69) is 10.6 Å². The van der Waals surface area contributed by atoms with Gasteiger partial charge in [0, 0.05) is 10.6 Å². The fourth-order valence-electron chi connectivity index (χ4n) is 2.38. The van der Waals surface area contributed by atoms with Gasteiger partial charge in [-0.1, -0.05) is 29.3 Å². The van der Waals surface area contributed by atoms with Crippen molar-refractivity contribution in [2.24, 2.45) is 0 Å². The van der Waals surface area contributed by atoms with Gasteiger partial charge in [0.2, 0.25) is 0 Å². The lowest BCUT2D eigenvalue weighted by molar-refractivity contribution is 0.233. The first-order valence-corrected chi connectivity index (χ1v) is 8.44. The first kappa shape index (κ1) is 18.9. The Morgan fingerprint density at radius 1 is 1.20 bits per heavy atom. The molecule has 134 valence electrons. The van der Waals surface area contributed by atoms with Crippen LogP contribution in [-0.4, -0.2) is 26.3 Å². The molecule has 0 heterocycles. The van der Waals surface area contributed by atoms with Gasteiger partial charge in [-0.2, -0.15) is 0 Å². The molecule has 25 heavy (non-hydrogen) atoms. The Balaban J connectivity index is 1.78. The van der Waals surface area contributed by atoms with E-state index in [0.717, 1.165) is 16.9 Å². The molecule has 0 aliphatic heterocycles. The summed E-state index contributed by atoms with van der Waals surface area (Å²) >= 11 is 5.82. The van der Waals surface area contributed by atoms with Crippen molar-refractivity contribution >= 4 is 17.6 Å². The molecule has 2 aromatic rings. The minimum absolute atomic E-state index is 0.174. The molecule has 0 fully saturated rings. The maximum Gasteiger partial charge on any atom is 0.315 e. The van der Waals surface area contributed by atoms with Crippen molar-refractivity contribution in [3.63, 3.8) is 0 Å². The highest BCUT2D eigenvalue weighted by Crippen LogP contribution is 2.25. The molecule has 0 aliphatic carbocycles. The molecule has 0 bridgehead atoms. The van der Waals surface area contributed by atoms with Gasteiger partial charge in [-0.25, -0.2) is 4.79 Å². The van der Waals surface area contributed by atoms with Crippen LogP contribution in [0.25, 0.3) is 0 Å². The summed E-state index contributed by atoms with van der Waals surface area (Å²) in [5.74, 6) is 1.47. The lowest BCUT2D eigenvalue weighted by Crippen LogP contribution is -2.39. The molecule has 0 saturated carbocycles. The zero-order valence-electron chi connectivity index (χ0n) is 14.6. The highest BCUT2D eigenvalue weighted by Gasteiger charge is 2.14. The molecule has 0 radical (unpaired) electrons. The number of hydrogen-bond acceptors (Lipinski definition) is 3. The quantitative estimate of drug-likeness (QED) is 0.729. The molecule has 6 heteroatoms. The Morgan fingerprint density at radius 2 is 1.92 bits per heavy atom. The molecule has 2 N–H and O–H groups in total. The summed E-state index contributed by atoms with van der Waals surface area (Å²) in [5.41, 5.74) is 2.05.